The van der Waals surface area contributed by atoms with Crippen molar-refractivity contribution in [1.82, 2.24) is 5.32 Å². The molecule has 4 aromatic carbocycles. The molecule has 8 nitrogen and oxygen atoms in total. The van der Waals surface area contributed by atoms with Crippen molar-refractivity contribution in [2.24, 2.45) is 0 Å². The Morgan fingerprint density at radius 2 is 1.64 bits per heavy atom. The van der Waals surface area contributed by atoms with Gasteiger partial charge in [0.15, 0.2) is 11.5 Å². The molecule has 1 aliphatic heterocycles. The Hall–Kier alpha value is -4.35. The van der Waals surface area contributed by atoms with Crippen LogP contribution >= 0.6 is 34.2 Å². The predicted molar refractivity (Wildman–Crippen MR) is 177 cm³/mol. The minimum atomic E-state index is -0.843. The molecule has 4 amide bonds. The lowest BCUT2D eigenvalue weighted by Gasteiger charge is -2.26. The second-order valence-electron chi connectivity index (χ2n) is 10.1. The van der Waals surface area contributed by atoms with Gasteiger partial charge in [-0.3, -0.25) is 14.9 Å². The highest BCUT2D eigenvalue weighted by molar-refractivity contribution is 14.1. The van der Waals surface area contributed by atoms with E-state index in [9.17, 15) is 14.4 Å². The molecule has 44 heavy (non-hydrogen) atoms. The summed E-state index contributed by atoms with van der Waals surface area (Å²) in [4.78, 5) is 39.9. The minimum Gasteiger partial charge on any atom is -0.493 e. The third kappa shape index (κ3) is 6.89. The fourth-order valence-electron chi connectivity index (χ4n) is 4.54. The van der Waals surface area contributed by atoms with Crippen LogP contribution in [0.2, 0.25) is 5.02 Å². The highest BCUT2D eigenvalue weighted by Crippen LogP contribution is 2.36. The molecule has 0 bridgehead atoms. The van der Waals surface area contributed by atoms with Crippen molar-refractivity contribution < 1.29 is 28.6 Å². The van der Waals surface area contributed by atoms with Crippen LogP contribution in [0.25, 0.3) is 6.08 Å². The zero-order chi connectivity index (χ0) is 31.4. The first-order chi connectivity index (χ1) is 21.1. The van der Waals surface area contributed by atoms with E-state index < -0.39 is 17.8 Å². The van der Waals surface area contributed by atoms with E-state index in [1.807, 2.05) is 24.3 Å². The molecule has 0 saturated carbocycles. The SMILES string of the molecule is COc1cc(/C=C2\C(=O)NC(=O)N(c3ccc(OCc4ccccc4Cl)cc3)C2=O)cc(I)c1OCc1ccc(C)c(C)c1. The summed E-state index contributed by atoms with van der Waals surface area (Å²) in [7, 11) is 1.52. The van der Waals surface area contributed by atoms with Gasteiger partial charge in [-0.15, -0.1) is 0 Å². The van der Waals surface area contributed by atoms with Crippen LogP contribution in [0.1, 0.15) is 27.8 Å². The fraction of sp³-hybridized carbons (Fsp3) is 0.147. The zero-order valence-electron chi connectivity index (χ0n) is 24.1. The number of carbonyl (C=O) groups is 3. The summed E-state index contributed by atoms with van der Waals surface area (Å²) in [6.07, 6.45) is 1.43. The maximum Gasteiger partial charge on any atom is 0.335 e. The monoisotopic (exact) mass is 722 g/mol. The van der Waals surface area contributed by atoms with Crippen molar-refractivity contribution in [3.63, 3.8) is 0 Å². The summed E-state index contributed by atoms with van der Waals surface area (Å²) < 4.78 is 18.2. The lowest BCUT2D eigenvalue weighted by Crippen LogP contribution is -2.54. The number of nitrogens with one attached hydrogen (secondary N) is 1. The lowest BCUT2D eigenvalue weighted by atomic mass is 10.1. The van der Waals surface area contributed by atoms with E-state index in [1.165, 1.54) is 24.3 Å². The van der Waals surface area contributed by atoms with E-state index >= 15 is 0 Å². The van der Waals surface area contributed by atoms with Crippen LogP contribution in [0.3, 0.4) is 0 Å². The molecule has 5 rings (SSSR count). The Morgan fingerprint density at radius 3 is 2.34 bits per heavy atom. The summed E-state index contributed by atoms with van der Waals surface area (Å²) in [5, 5.41) is 2.85. The first kappa shape index (κ1) is 31.1. The number of hydrogen-bond donors (Lipinski definition) is 1. The minimum absolute atomic E-state index is 0.203. The number of ether oxygens (including phenoxy) is 3. The molecule has 1 fully saturated rings. The molecular formula is C34H28ClIN2O6. The van der Waals surface area contributed by atoms with Crippen molar-refractivity contribution in [3.05, 3.63) is 121 Å². The van der Waals surface area contributed by atoms with E-state index in [4.69, 9.17) is 25.8 Å². The van der Waals surface area contributed by atoms with Gasteiger partial charge in [0.05, 0.1) is 16.4 Å². The molecule has 1 heterocycles. The van der Waals surface area contributed by atoms with Crippen molar-refractivity contribution in [2.75, 3.05) is 12.0 Å². The molecule has 1 aliphatic rings. The molecule has 0 aromatic heterocycles. The number of anilines is 1. The third-order valence-corrected chi connectivity index (χ3v) is 8.24. The Balaban J connectivity index is 1.34. The standard InChI is InChI=1S/C34H28ClIN2O6/c1-20-8-9-22(14-21(20)2)18-44-31-29(36)16-23(17-30(31)42-3)15-27-32(39)37-34(41)38(33(27)40)25-10-12-26(13-11-25)43-19-24-6-4-5-7-28(24)35/h4-17H,18-19H2,1-3H3,(H,37,39,41)/b27-15+. The third-order valence-electron chi connectivity index (χ3n) is 7.07. The van der Waals surface area contributed by atoms with Crippen molar-refractivity contribution in [1.29, 1.82) is 0 Å². The van der Waals surface area contributed by atoms with Gasteiger partial charge in [-0.05, 0) is 107 Å². The number of nitrogens with zero attached hydrogens (tertiary/aromatic N) is 1. The fourth-order valence-corrected chi connectivity index (χ4v) is 5.51. The summed E-state index contributed by atoms with van der Waals surface area (Å²) in [5.41, 5.74) is 4.83. The van der Waals surface area contributed by atoms with E-state index in [0.717, 1.165) is 19.6 Å². The molecule has 4 aromatic rings. The quantitative estimate of drug-likeness (QED) is 0.110. The predicted octanol–water partition coefficient (Wildman–Crippen LogP) is 7.39. The van der Waals surface area contributed by atoms with Crippen LogP contribution in [0, 0.1) is 17.4 Å². The van der Waals surface area contributed by atoms with Gasteiger partial charge in [0.25, 0.3) is 11.8 Å². The molecule has 1 saturated heterocycles. The topological polar surface area (TPSA) is 94.2 Å². The molecule has 1 N–H and O–H groups in total. The Labute approximate surface area is 273 Å². The van der Waals surface area contributed by atoms with Gasteiger partial charge < -0.3 is 14.2 Å². The summed E-state index contributed by atoms with van der Waals surface area (Å²) in [6, 6.07) is 22.5. The number of methoxy groups -OCH3 is 1. The average Bonchev–Trinajstić information content (AvgIpc) is 3.00. The molecule has 224 valence electrons. The van der Waals surface area contributed by atoms with Crippen molar-refractivity contribution >= 4 is 63.8 Å². The second kappa shape index (κ2) is 13.5. The Morgan fingerprint density at radius 1 is 0.886 bits per heavy atom. The van der Waals surface area contributed by atoms with Crippen molar-refractivity contribution in [2.45, 2.75) is 27.1 Å². The molecule has 0 spiro atoms. The van der Waals surface area contributed by atoms with Crippen LogP contribution < -0.4 is 24.4 Å². The Kier molecular flexibility index (Phi) is 9.55. The highest BCUT2D eigenvalue weighted by Gasteiger charge is 2.37. The van der Waals surface area contributed by atoms with E-state index in [0.29, 0.717) is 34.4 Å². The molecule has 0 atom stereocenters. The number of amides is 4. The number of aryl methyl sites for hydroxylation is 2. The van der Waals surface area contributed by atoms with Gasteiger partial charge in [-0.1, -0.05) is 48.0 Å². The summed E-state index contributed by atoms with van der Waals surface area (Å²) >= 11 is 8.32. The maximum atomic E-state index is 13.5. The number of rotatable bonds is 9. The highest BCUT2D eigenvalue weighted by atomic mass is 127. The van der Waals surface area contributed by atoms with Crippen LogP contribution in [-0.2, 0) is 22.8 Å². The summed E-state index contributed by atoms with van der Waals surface area (Å²) in [6.45, 7) is 4.70. The smallest absolute Gasteiger partial charge is 0.335 e. The number of benzene rings is 4. The Bertz CT molecular complexity index is 1790. The number of imide groups is 2. The van der Waals surface area contributed by atoms with E-state index in [2.05, 4.69) is 53.9 Å². The molecule has 10 heteroatoms. The number of barbiturate groups is 1. The maximum absolute atomic E-state index is 13.5. The first-order valence-electron chi connectivity index (χ1n) is 13.6. The zero-order valence-corrected chi connectivity index (χ0v) is 27.1. The first-order valence-corrected chi connectivity index (χ1v) is 15.0. The van der Waals surface area contributed by atoms with Crippen LogP contribution in [0.4, 0.5) is 10.5 Å². The normalized spacial score (nSPS) is 14.1. The van der Waals surface area contributed by atoms with E-state index in [-0.39, 0.29) is 17.9 Å². The number of hydrogen-bond acceptors (Lipinski definition) is 6. The second-order valence-corrected chi connectivity index (χ2v) is 11.6. The van der Waals surface area contributed by atoms with Gasteiger partial charge in [-0.2, -0.15) is 0 Å². The van der Waals surface area contributed by atoms with Gasteiger partial charge in [0.1, 0.15) is 24.5 Å². The number of carbonyl (C=O) groups excluding carboxylic acids is 3. The van der Waals surface area contributed by atoms with E-state index in [1.54, 1.807) is 42.5 Å². The summed E-state index contributed by atoms with van der Waals surface area (Å²) in [5.74, 6) is -0.0440. The molecular weight excluding hydrogens is 695 g/mol. The number of halogens is 2. The average molecular weight is 723 g/mol. The number of urea groups is 1. The van der Waals surface area contributed by atoms with Crippen LogP contribution in [0.15, 0.2) is 84.4 Å². The van der Waals surface area contributed by atoms with Gasteiger partial charge in [0.2, 0.25) is 0 Å². The molecule has 0 aliphatic carbocycles. The van der Waals surface area contributed by atoms with Crippen LogP contribution in [-0.4, -0.2) is 25.0 Å². The molecule has 0 radical (unpaired) electrons. The largest absolute Gasteiger partial charge is 0.493 e. The van der Waals surface area contributed by atoms with Crippen molar-refractivity contribution in [3.8, 4) is 17.2 Å². The molecule has 0 unspecified atom stereocenters. The van der Waals surface area contributed by atoms with Gasteiger partial charge in [-0.25, -0.2) is 9.69 Å². The lowest BCUT2D eigenvalue weighted by molar-refractivity contribution is -0.122. The van der Waals surface area contributed by atoms with Crippen LogP contribution in [0.5, 0.6) is 17.2 Å². The van der Waals surface area contributed by atoms with Gasteiger partial charge in [0, 0.05) is 10.6 Å². The van der Waals surface area contributed by atoms with Gasteiger partial charge >= 0.3 is 6.03 Å².